The van der Waals surface area contributed by atoms with E-state index in [4.69, 9.17) is 5.11 Å². The Morgan fingerprint density at radius 2 is 1.67 bits per heavy atom. The highest BCUT2D eigenvalue weighted by molar-refractivity contribution is 6.02. The molecule has 0 amide bonds. The number of aromatic carboxylic acids is 1. The van der Waals surface area contributed by atoms with Gasteiger partial charge >= 0.3 is 5.97 Å². The van der Waals surface area contributed by atoms with Crippen molar-refractivity contribution < 1.29 is 14.7 Å². The van der Waals surface area contributed by atoms with E-state index in [2.05, 4.69) is 0 Å². The molecule has 1 N–H and O–H groups in total. The van der Waals surface area contributed by atoms with Gasteiger partial charge in [-0.25, -0.2) is 4.79 Å². The molecule has 0 unspecified atom stereocenters. The molecule has 0 aliphatic rings. The second kappa shape index (κ2) is 4.84. The van der Waals surface area contributed by atoms with Crippen LogP contribution in [0.25, 0.3) is 11.1 Å². The number of benzene rings is 2. The zero-order valence-corrected chi connectivity index (χ0v) is 9.88. The van der Waals surface area contributed by atoms with Gasteiger partial charge in [0, 0.05) is 5.56 Å². The molecule has 0 saturated heterocycles. The predicted octanol–water partition coefficient (Wildman–Crippen LogP) is 3.25. The van der Waals surface area contributed by atoms with E-state index in [1.807, 2.05) is 30.3 Å². The normalized spacial score (nSPS) is 10.1. The van der Waals surface area contributed by atoms with E-state index in [0.29, 0.717) is 11.1 Å². The summed E-state index contributed by atoms with van der Waals surface area (Å²) in [6.45, 7) is 1.47. The molecule has 2 rings (SSSR count). The largest absolute Gasteiger partial charge is 0.478 e. The van der Waals surface area contributed by atoms with Crippen molar-refractivity contribution in [2.45, 2.75) is 6.92 Å². The summed E-state index contributed by atoms with van der Waals surface area (Å²) in [6, 6.07) is 13.8. The first-order valence-corrected chi connectivity index (χ1v) is 5.53. The minimum Gasteiger partial charge on any atom is -0.478 e. The smallest absolute Gasteiger partial charge is 0.335 e. The molecule has 0 aromatic heterocycles. The lowest BCUT2D eigenvalue weighted by molar-refractivity contribution is 0.0696. The van der Waals surface area contributed by atoms with Crippen LogP contribution in [-0.4, -0.2) is 16.9 Å². The third-order valence-electron chi connectivity index (χ3n) is 2.73. The summed E-state index contributed by atoms with van der Waals surface area (Å²) in [6.07, 6.45) is 0. The Bertz CT molecular complexity index is 600. The lowest BCUT2D eigenvalue weighted by Crippen LogP contribution is -2.01. The summed E-state index contributed by atoms with van der Waals surface area (Å²) in [5.74, 6) is -1.08. The van der Waals surface area contributed by atoms with Crippen molar-refractivity contribution in [3.8, 4) is 11.1 Å². The second-order valence-electron chi connectivity index (χ2n) is 3.99. The molecular formula is C15H12O3. The van der Waals surface area contributed by atoms with Crippen molar-refractivity contribution in [3.63, 3.8) is 0 Å². The average Bonchev–Trinajstić information content (AvgIpc) is 2.39. The molecule has 90 valence electrons. The number of carbonyl (C=O) groups is 2. The number of carbonyl (C=O) groups excluding carboxylic acids is 1. The SMILES string of the molecule is CC(=O)c1ccc(C(=O)O)cc1-c1ccccc1. The van der Waals surface area contributed by atoms with Crippen molar-refractivity contribution in [2.75, 3.05) is 0 Å². The molecule has 3 nitrogen and oxygen atoms in total. The highest BCUT2D eigenvalue weighted by Crippen LogP contribution is 2.25. The molecule has 3 heteroatoms. The number of Topliss-reactive ketones (excluding diaryl/α,β-unsaturated/α-hetero) is 1. The summed E-state index contributed by atoms with van der Waals surface area (Å²) >= 11 is 0. The molecule has 2 aromatic rings. The van der Waals surface area contributed by atoms with Crippen LogP contribution >= 0.6 is 0 Å². The minimum absolute atomic E-state index is 0.0780. The van der Waals surface area contributed by atoms with E-state index in [9.17, 15) is 9.59 Å². The number of hydrogen-bond acceptors (Lipinski definition) is 2. The van der Waals surface area contributed by atoms with Crippen LogP contribution in [0, 0.1) is 0 Å². The quantitative estimate of drug-likeness (QED) is 0.838. The van der Waals surface area contributed by atoms with Crippen LogP contribution in [0.4, 0.5) is 0 Å². The van der Waals surface area contributed by atoms with Gasteiger partial charge in [-0.3, -0.25) is 4.79 Å². The van der Waals surface area contributed by atoms with E-state index in [-0.39, 0.29) is 11.3 Å². The van der Waals surface area contributed by atoms with Crippen LogP contribution in [0.5, 0.6) is 0 Å². The molecule has 0 bridgehead atoms. The lowest BCUT2D eigenvalue weighted by atomic mass is 9.95. The lowest BCUT2D eigenvalue weighted by Gasteiger charge is -2.08. The van der Waals surface area contributed by atoms with Gasteiger partial charge in [-0.05, 0) is 36.2 Å². The maximum Gasteiger partial charge on any atom is 0.335 e. The van der Waals surface area contributed by atoms with Gasteiger partial charge in [-0.2, -0.15) is 0 Å². The van der Waals surface area contributed by atoms with Crippen molar-refractivity contribution in [2.24, 2.45) is 0 Å². The number of hydrogen-bond donors (Lipinski definition) is 1. The molecule has 2 aromatic carbocycles. The van der Waals surface area contributed by atoms with E-state index >= 15 is 0 Å². The number of ketones is 1. The van der Waals surface area contributed by atoms with E-state index in [1.54, 1.807) is 6.07 Å². The van der Waals surface area contributed by atoms with Crippen LogP contribution in [0.15, 0.2) is 48.5 Å². The van der Waals surface area contributed by atoms with E-state index < -0.39 is 5.97 Å². The van der Waals surface area contributed by atoms with Crippen LogP contribution in [0.2, 0.25) is 0 Å². The molecule has 0 aliphatic carbocycles. The van der Waals surface area contributed by atoms with Gasteiger partial charge in [-0.15, -0.1) is 0 Å². The van der Waals surface area contributed by atoms with Crippen molar-refractivity contribution in [1.29, 1.82) is 0 Å². The number of carboxylic acid groups (broad SMARTS) is 1. The summed E-state index contributed by atoms with van der Waals surface area (Å²) in [4.78, 5) is 22.6. The highest BCUT2D eigenvalue weighted by Gasteiger charge is 2.12. The standard InChI is InChI=1S/C15H12O3/c1-10(16)13-8-7-12(15(17)18)9-14(13)11-5-3-2-4-6-11/h2-9H,1H3,(H,17,18). The molecule has 0 atom stereocenters. The molecule has 0 spiro atoms. The first-order chi connectivity index (χ1) is 8.59. The predicted molar refractivity (Wildman–Crippen MR) is 68.8 cm³/mol. The maximum atomic E-state index is 11.6. The maximum absolute atomic E-state index is 11.6. The third kappa shape index (κ3) is 2.30. The Morgan fingerprint density at radius 3 is 2.22 bits per heavy atom. The topological polar surface area (TPSA) is 54.4 Å². The summed E-state index contributed by atoms with van der Waals surface area (Å²) in [5, 5.41) is 9.00. The van der Waals surface area contributed by atoms with Crippen LogP contribution in [0.3, 0.4) is 0 Å². The Hall–Kier alpha value is -2.42. The Balaban J connectivity index is 2.65. The van der Waals surface area contributed by atoms with E-state index in [1.165, 1.54) is 19.1 Å². The summed E-state index contributed by atoms with van der Waals surface area (Å²) < 4.78 is 0. The second-order valence-corrected chi connectivity index (χ2v) is 3.99. The van der Waals surface area contributed by atoms with Crippen molar-refractivity contribution >= 4 is 11.8 Å². The molecule has 0 radical (unpaired) electrons. The van der Waals surface area contributed by atoms with E-state index in [0.717, 1.165) is 5.56 Å². The first-order valence-electron chi connectivity index (χ1n) is 5.53. The average molecular weight is 240 g/mol. The number of rotatable bonds is 3. The fraction of sp³-hybridized carbons (Fsp3) is 0.0667. The fourth-order valence-electron chi connectivity index (χ4n) is 1.84. The molecular weight excluding hydrogens is 228 g/mol. The van der Waals surface area contributed by atoms with Gasteiger partial charge in [0.15, 0.2) is 5.78 Å². The Morgan fingerprint density at radius 1 is 1.00 bits per heavy atom. The molecule has 0 aliphatic heterocycles. The van der Waals surface area contributed by atoms with Gasteiger partial charge in [0.2, 0.25) is 0 Å². The highest BCUT2D eigenvalue weighted by atomic mass is 16.4. The van der Waals surface area contributed by atoms with Gasteiger partial charge in [0.25, 0.3) is 0 Å². The van der Waals surface area contributed by atoms with Crippen LogP contribution in [-0.2, 0) is 0 Å². The van der Waals surface area contributed by atoms with Crippen molar-refractivity contribution in [3.05, 3.63) is 59.7 Å². The molecule has 18 heavy (non-hydrogen) atoms. The number of carboxylic acids is 1. The Labute approximate surface area is 105 Å². The molecule has 0 heterocycles. The third-order valence-corrected chi connectivity index (χ3v) is 2.73. The van der Waals surface area contributed by atoms with Crippen LogP contribution < -0.4 is 0 Å². The van der Waals surface area contributed by atoms with Crippen LogP contribution in [0.1, 0.15) is 27.6 Å². The summed E-state index contributed by atoms with van der Waals surface area (Å²) in [5.41, 5.74) is 2.21. The van der Waals surface area contributed by atoms with Gasteiger partial charge in [0.05, 0.1) is 5.56 Å². The zero-order chi connectivity index (χ0) is 13.1. The summed E-state index contributed by atoms with van der Waals surface area (Å²) in [7, 11) is 0. The van der Waals surface area contributed by atoms with Gasteiger partial charge in [0.1, 0.15) is 0 Å². The van der Waals surface area contributed by atoms with Crippen molar-refractivity contribution in [1.82, 2.24) is 0 Å². The fourth-order valence-corrected chi connectivity index (χ4v) is 1.84. The zero-order valence-electron chi connectivity index (χ0n) is 9.88. The molecule has 0 saturated carbocycles. The minimum atomic E-state index is -0.998. The van der Waals surface area contributed by atoms with Gasteiger partial charge < -0.3 is 5.11 Å². The Kier molecular flexibility index (Phi) is 3.24. The monoisotopic (exact) mass is 240 g/mol. The molecule has 0 fully saturated rings. The first kappa shape index (κ1) is 12.0. The van der Waals surface area contributed by atoms with Gasteiger partial charge in [-0.1, -0.05) is 30.3 Å².